The highest BCUT2D eigenvalue weighted by molar-refractivity contribution is 5.84. The van der Waals surface area contributed by atoms with E-state index in [1.807, 2.05) is 0 Å². The number of aromatic nitrogens is 1. The number of carboxylic acid groups (broad SMARTS) is 1. The van der Waals surface area contributed by atoms with Crippen LogP contribution < -0.4 is 4.74 Å². The first-order chi connectivity index (χ1) is 7.72. The Balaban J connectivity index is 2.51. The van der Waals surface area contributed by atoms with Gasteiger partial charge >= 0.3 is 5.97 Å². The summed E-state index contributed by atoms with van der Waals surface area (Å²) in [6.45, 7) is 2.78. The molecule has 0 fully saturated rings. The highest BCUT2D eigenvalue weighted by Gasteiger charge is 1.95. The Labute approximate surface area is 94.6 Å². The number of ether oxygens (including phenoxy) is 1. The number of pyridine rings is 1. The molecule has 0 aliphatic carbocycles. The molecule has 0 unspecified atom stereocenters. The highest BCUT2D eigenvalue weighted by Crippen LogP contribution is 2.10. The van der Waals surface area contributed by atoms with Crippen LogP contribution in [0, 0.1) is 0 Å². The van der Waals surface area contributed by atoms with Gasteiger partial charge in [0, 0.05) is 6.08 Å². The molecule has 86 valence electrons. The summed E-state index contributed by atoms with van der Waals surface area (Å²) < 4.78 is 5.42. The lowest BCUT2D eigenvalue weighted by Gasteiger charge is -2.04. The fourth-order valence-electron chi connectivity index (χ4n) is 1.07. The molecule has 1 rings (SSSR count). The smallest absolute Gasteiger partial charge is 0.328 e. The normalized spacial score (nSPS) is 10.6. The van der Waals surface area contributed by atoms with Crippen molar-refractivity contribution >= 4 is 12.0 Å². The maximum Gasteiger partial charge on any atom is 0.328 e. The lowest BCUT2D eigenvalue weighted by Crippen LogP contribution is -1.97. The topological polar surface area (TPSA) is 59.4 Å². The molecule has 0 radical (unpaired) electrons. The molecule has 0 spiro atoms. The van der Waals surface area contributed by atoms with E-state index in [1.54, 1.807) is 18.3 Å². The highest BCUT2D eigenvalue weighted by atomic mass is 16.5. The number of rotatable bonds is 6. The van der Waals surface area contributed by atoms with E-state index in [0.717, 1.165) is 18.9 Å². The van der Waals surface area contributed by atoms with Crippen molar-refractivity contribution in [2.45, 2.75) is 19.8 Å². The van der Waals surface area contributed by atoms with Crippen molar-refractivity contribution in [2.75, 3.05) is 6.61 Å². The Morgan fingerprint density at radius 2 is 2.38 bits per heavy atom. The van der Waals surface area contributed by atoms with Crippen molar-refractivity contribution in [1.82, 2.24) is 4.98 Å². The summed E-state index contributed by atoms with van der Waals surface area (Å²) in [6, 6.07) is 3.50. The van der Waals surface area contributed by atoms with Gasteiger partial charge < -0.3 is 9.84 Å². The monoisotopic (exact) mass is 221 g/mol. The van der Waals surface area contributed by atoms with Crippen molar-refractivity contribution < 1.29 is 14.6 Å². The number of carboxylic acids is 1. The number of hydrogen-bond acceptors (Lipinski definition) is 3. The fraction of sp³-hybridized carbons (Fsp3) is 0.333. The van der Waals surface area contributed by atoms with Crippen LogP contribution in [0.2, 0.25) is 0 Å². The van der Waals surface area contributed by atoms with Gasteiger partial charge in [-0.3, -0.25) is 4.98 Å². The molecule has 4 nitrogen and oxygen atoms in total. The third-order valence-corrected chi connectivity index (χ3v) is 1.92. The average molecular weight is 221 g/mol. The van der Waals surface area contributed by atoms with Gasteiger partial charge in [-0.2, -0.15) is 0 Å². The van der Waals surface area contributed by atoms with E-state index in [2.05, 4.69) is 11.9 Å². The fourth-order valence-corrected chi connectivity index (χ4v) is 1.07. The number of nitrogens with zero attached hydrogens (tertiary/aromatic N) is 1. The molecule has 0 aromatic carbocycles. The molecule has 1 heterocycles. The maximum atomic E-state index is 10.3. The lowest BCUT2D eigenvalue weighted by molar-refractivity contribution is -0.131. The van der Waals surface area contributed by atoms with Crippen LogP contribution in [-0.4, -0.2) is 22.7 Å². The van der Waals surface area contributed by atoms with Crippen molar-refractivity contribution in [2.24, 2.45) is 0 Å². The minimum absolute atomic E-state index is 0.602. The van der Waals surface area contributed by atoms with E-state index in [0.29, 0.717) is 18.1 Å². The zero-order valence-electron chi connectivity index (χ0n) is 9.22. The minimum atomic E-state index is -0.981. The minimum Gasteiger partial charge on any atom is -0.492 e. The molecule has 1 aromatic rings. The average Bonchev–Trinajstić information content (AvgIpc) is 2.28. The van der Waals surface area contributed by atoms with Crippen molar-refractivity contribution in [3.63, 3.8) is 0 Å². The molecule has 0 saturated heterocycles. The van der Waals surface area contributed by atoms with Gasteiger partial charge in [0.25, 0.3) is 0 Å². The second-order valence-electron chi connectivity index (χ2n) is 3.29. The number of carbonyl (C=O) groups is 1. The SMILES string of the molecule is CCCCOc1ccc(C=CC(=O)O)nc1. The van der Waals surface area contributed by atoms with Crippen molar-refractivity contribution in [3.8, 4) is 5.75 Å². The molecule has 4 heteroatoms. The predicted octanol–water partition coefficient (Wildman–Crippen LogP) is 2.36. The third-order valence-electron chi connectivity index (χ3n) is 1.92. The molecule has 0 aliphatic heterocycles. The molecule has 1 N–H and O–H groups in total. The van der Waals surface area contributed by atoms with Gasteiger partial charge in [0.2, 0.25) is 0 Å². The molecule has 0 amide bonds. The molecular formula is C12H15NO3. The van der Waals surface area contributed by atoms with Crippen LogP contribution >= 0.6 is 0 Å². The van der Waals surface area contributed by atoms with E-state index < -0.39 is 5.97 Å². The Morgan fingerprint density at radius 3 is 2.94 bits per heavy atom. The quantitative estimate of drug-likeness (QED) is 0.591. The summed E-state index contributed by atoms with van der Waals surface area (Å²) in [5.74, 6) is -0.272. The van der Waals surface area contributed by atoms with E-state index in [9.17, 15) is 4.79 Å². The Morgan fingerprint density at radius 1 is 1.56 bits per heavy atom. The summed E-state index contributed by atoms with van der Waals surface area (Å²) >= 11 is 0. The Kier molecular flexibility index (Phi) is 5.05. The van der Waals surface area contributed by atoms with Crippen LogP contribution in [0.1, 0.15) is 25.5 Å². The third kappa shape index (κ3) is 4.59. The molecule has 16 heavy (non-hydrogen) atoms. The van der Waals surface area contributed by atoms with E-state index >= 15 is 0 Å². The first-order valence-electron chi connectivity index (χ1n) is 5.22. The van der Waals surface area contributed by atoms with E-state index in [4.69, 9.17) is 9.84 Å². The number of hydrogen-bond donors (Lipinski definition) is 1. The summed E-state index contributed by atoms with van der Waals surface area (Å²) in [6.07, 6.45) is 6.20. The first kappa shape index (κ1) is 12.2. The summed E-state index contributed by atoms with van der Waals surface area (Å²) in [5, 5.41) is 8.43. The maximum absolute atomic E-state index is 10.3. The van der Waals surface area contributed by atoms with Gasteiger partial charge in [-0.15, -0.1) is 0 Å². The largest absolute Gasteiger partial charge is 0.492 e. The van der Waals surface area contributed by atoms with Crippen LogP contribution in [0.5, 0.6) is 5.75 Å². The molecule has 0 aliphatic rings. The number of unbranched alkanes of at least 4 members (excludes halogenated alkanes) is 1. The summed E-state index contributed by atoms with van der Waals surface area (Å²) in [4.78, 5) is 14.3. The lowest BCUT2D eigenvalue weighted by atomic mass is 10.3. The van der Waals surface area contributed by atoms with E-state index in [-0.39, 0.29) is 0 Å². The molecular weight excluding hydrogens is 206 g/mol. The zero-order chi connectivity index (χ0) is 11.8. The molecule has 0 atom stereocenters. The van der Waals surface area contributed by atoms with Gasteiger partial charge in [0.15, 0.2) is 0 Å². The van der Waals surface area contributed by atoms with Crippen LogP contribution in [0.3, 0.4) is 0 Å². The van der Waals surface area contributed by atoms with Crippen molar-refractivity contribution in [3.05, 3.63) is 30.1 Å². The van der Waals surface area contributed by atoms with Crippen molar-refractivity contribution in [1.29, 1.82) is 0 Å². The van der Waals surface area contributed by atoms with Gasteiger partial charge in [0.05, 0.1) is 18.5 Å². The van der Waals surface area contributed by atoms with Crippen LogP contribution in [-0.2, 0) is 4.79 Å². The predicted molar refractivity (Wildman–Crippen MR) is 61.3 cm³/mol. The standard InChI is InChI=1S/C12H15NO3/c1-2-3-8-16-11-6-4-10(13-9-11)5-7-12(14)15/h4-7,9H,2-3,8H2,1H3,(H,14,15). The van der Waals surface area contributed by atoms with Gasteiger partial charge in [-0.25, -0.2) is 4.79 Å². The molecule has 1 aromatic heterocycles. The first-order valence-corrected chi connectivity index (χ1v) is 5.22. The van der Waals surface area contributed by atoms with Gasteiger partial charge in [0.1, 0.15) is 5.75 Å². The zero-order valence-corrected chi connectivity index (χ0v) is 9.22. The Bertz CT molecular complexity index is 357. The summed E-state index contributed by atoms with van der Waals surface area (Å²) in [5.41, 5.74) is 0.602. The van der Waals surface area contributed by atoms with E-state index in [1.165, 1.54) is 6.08 Å². The molecule has 0 bridgehead atoms. The second kappa shape index (κ2) is 6.61. The van der Waals surface area contributed by atoms with Gasteiger partial charge in [-0.05, 0) is 24.6 Å². The molecule has 0 saturated carbocycles. The van der Waals surface area contributed by atoms with Crippen LogP contribution in [0.15, 0.2) is 24.4 Å². The Hall–Kier alpha value is -1.84. The van der Waals surface area contributed by atoms with Crippen LogP contribution in [0.25, 0.3) is 6.08 Å². The van der Waals surface area contributed by atoms with Crippen LogP contribution in [0.4, 0.5) is 0 Å². The second-order valence-corrected chi connectivity index (χ2v) is 3.29. The summed E-state index contributed by atoms with van der Waals surface area (Å²) in [7, 11) is 0. The number of aliphatic carboxylic acids is 1. The van der Waals surface area contributed by atoms with Gasteiger partial charge in [-0.1, -0.05) is 13.3 Å².